The normalized spacial score (nSPS) is 23.9. The quantitative estimate of drug-likeness (QED) is 0.204. The Bertz CT molecular complexity index is 2030. The van der Waals surface area contributed by atoms with E-state index in [1.807, 2.05) is 24.8 Å². The molecule has 3 atom stereocenters. The molecular weight excluding hydrogens is 668 g/mol. The standard InChI is InChI=1S/C34H33F6N7OS/c1-3-46-9-8-17(11-35)33(2,15-46)16-48-32-44-28-21(31(45-32)47-13-18-4-5-19(14-47)43-18)10-23(34(38,39)40)26(27(28)37)20-6-7-24(36)29-25(20)22(12-41)30(42)49-29/h6-7,10-11,18-19,43H,3-5,8-9,13-16,42H2,1-2H3/b17-11+/t18-,19+,33-/m0/s1. The molecule has 49 heavy (non-hydrogen) atoms. The van der Waals surface area contributed by atoms with Crippen LogP contribution in [0.2, 0.25) is 0 Å². The molecule has 2 bridgehead atoms. The van der Waals surface area contributed by atoms with Gasteiger partial charge in [-0.1, -0.05) is 19.9 Å². The minimum atomic E-state index is -5.07. The zero-order valence-electron chi connectivity index (χ0n) is 26.7. The second-order valence-corrected chi connectivity index (χ2v) is 14.3. The number of nitriles is 1. The van der Waals surface area contributed by atoms with Gasteiger partial charge in [-0.05, 0) is 49.1 Å². The van der Waals surface area contributed by atoms with Gasteiger partial charge in [0.1, 0.15) is 34.8 Å². The number of piperidine rings is 1. The van der Waals surface area contributed by atoms with E-state index in [2.05, 4.69) is 20.2 Å². The molecule has 2 aromatic carbocycles. The van der Waals surface area contributed by atoms with Gasteiger partial charge in [0.15, 0.2) is 5.82 Å². The molecule has 0 spiro atoms. The molecule has 4 aromatic rings. The van der Waals surface area contributed by atoms with Gasteiger partial charge in [-0.25, -0.2) is 13.2 Å². The molecule has 0 saturated carbocycles. The number of halogens is 6. The first-order valence-corrected chi connectivity index (χ1v) is 16.8. The minimum Gasteiger partial charge on any atom is -0.462 e. The van der Waals surface area contributed by atoms with Crippen molar-refractivity contribution in [2.45, 2.75) is 51.4 Å². The predicted octanol–water partition coefficient (Wildman–Crippen LogP) is 7.17. The van der Waals surface area contributed by atoms with Crippen LogP contribution in [-0.4, -0.2) is 66.3 Å². The van der Waals surface area contributed by atoms with Crippen LogP contribution in [0.5, 0.6) is 6.01 Å². The minimum absolute atomic E-state index is 0.0651. The first-order valence-electron chi connectivity index (χ1n) is 16.0. The van der Waals surface area contributed by atoms with Crippen molar-refractivity contribution in [2.24, 2.45) is 5.41 Å². The number of hydrogen-bond acceptors (Lipinski definition) is 9. The Hall–Kier alpha value is -4.13. The van der Waals surface area contributed by atoms with E-state index in [1.54, 1.807) is 0 Å². The smallest absolute Gasteiger partial charge is 0.417 e. The summed E-state index contributed by atoms with van der Waals surface area (Å²) in [4.78, 5) is 12.9. The molecule has 3 saturated heterocycles. The number of hydrogen-bond donors (Lipinski definition) is 2. The third-order valence-corrected chi connectivity index (χ3v) is 11.1. The molecule has 8 nitrogen and oxygen atoms in total. The number of alkyl halides is 3. The number of rotatable bonds is 6. The number of likely N-dealkylation sites (tertiary alicyclic amines) is 1. The highest BCUT2D eigenvalue weighted by Gasteiger charge is 2.41. The fraction of sp³-hybridized carbons (Fsp3) is 0.441. The van der Waals surface area contributed by atoms with E-state index in [0.29, 0.717) is 55.8 Å². The van der Waals surface area contributed by atoms with Crippen molar-refractivity contribution in [3.63, 3.8) is 0 Å². The highest BCUT2D eigenvalue weighted by molar-refractivity contribution is 7.23. The van der Waals surface area contributed by atoms with Crippen molar-refractivity contribution in [1.29, 1.82) is 5.26 Å². The fourth-order valence-corrected chi connectivity index (χ4v) is 8.48. The van der Waals surface area contributed by atoms with Crippen LogP contribution in [0.15, 0.2) is 30.1 Å². The van der Waals surface area contributed by atoms with Crippen molar-refractivity contribution in [2.75, 3.05) is 50.0 Å². The topological polar surface area (TPSA) is 103 Å². The van der Waals surface area contributed by atoms with Gasteiger partial charge in [0, 0.05) is 60.0 Å². The number of fused-ring (bicyclic) bond motifs is 4. The molecule has 0 radical (unpaired) electrons. The van der Waals surface area contributed by atoms with Gasteiger partial charge in [0.25, 0.3) is 0 Å². The SMILES string of the molecule is CCN1CC/C(=C\F)[C@](C)(COc2nc(N3C[C@H]4CC[C@@H](C3)N4)c3cc(C(F)(F)F)c(-c4ccc(F)c5sc(N)c(C#N)c45)c(F)c3n2)C1. The zero-order chi connectivity index (χ0) is 34.8. The molecule has 5 heterocycles. The number of anilines is 2. The van der Waals surface area contributed by atoms with Crippen LogP contribution in [0.4, 0.5) is 37.2 Å². The molecule has 3 fully saturated rings. The third-order valence-electron chi connectivity index (χ3n) is 10.1. The lowest BCUT2D eigenvalue weighted by Gasteiger charge is -2.41. The van der Waals surface area contributed by atoms with Crippen molar-refractivity contribution < 1.29 is 31.1 Å². The Morgan fingerprint density at radius 3 is 2.59 bits per heavy atom. The number of thiophene rings is 1. The van der Waals surface area contributed by atoms with E-state index in [-0.39, 0.29) is 62.1 Å². The van der Waals surface area contributed by atoms with Crippen molar-refractivity contribution in [3.05, 3.63) is 52.9 Å². The van der Waals surface area contributed by atoms with Crippen LogP contribution in [-0.2, 0) is 6.18 Å². The summed E-state index contributed by atoms with van der Waals surface area (Å²) in [6, 6.07) is 4.47. The van der Waals surface area contributed by atoms with Gasteiger partial charge < -0.3 is 25.6 Å². The van der Waals surface area contributed by atoms with Crippen molar-refractivity contribution >= 4 is 43.1 Å². The number of ether oxygens (including phenoxy) is 1. The molecule has 0 amide bonds. The zero-order valence-corrected chi connectivity index (χ0v) is 27.5. The Morgan fingerprint density at radius 1 is 1.20 bits per heavy atom. The summed E-state index contributed by atoms with van der Waals surface area (Å²) in [5, 5.41) is 12.8. The second-order valence-electron chi connectivity index (χ2n) is 13.2. The maximum atomic E-state index is 17.0. The van der Waals surface area contributed by atoms with E-state index < -0.39 is 39.9 Å². The molecule has 258 valence electrons. The maximum Gasteiger partial charge on any atom is 0.417 e. The number of nitrogens with zero attached hydrogens (tertiary/aromatic N) is 5. The number of piperazine rings is 1. The van der Waals surface area contributed by atoms with Crippen LogP contribution < -0.4 is 20.7 Å². The van der Waals surface area contributed by atoms with Gasteiger partial charge in [0.2, 0.25) is 0 Å². The Morgan fingerprint density at radius 2 is 1.94 bits per heavy atom. The van der Waals surface area contributed by atoms with E-state index in [4.69, 9.17) is 10.5 Å². The van der Waals surface area contributed by atoms with E-state index in [9.17, 15) is 27.2 Å². The molecule has 15 heteroatoms. The number of nitrogens with one attached hydrogen (secondary N) is 1. The number of nitrogens with two attached hydrogens (primary N) is 1. The highest BCUT2D eigenvalue weighted by atomic mass is 32.1. The summed E-state index contributed by atoms with van der Waals surface area (Å²) in [6.45, 7) is 6.53. The first-order chi connectivity index (χ1) is 23.3. The largest absolute Gasteiger partial charge is 0.462 e. The van der Waals surface area contributed by atoms with Crippen molar-refractivity contribution in [1.82, 2.24) is 20.2 Å². The van der Waals surface area contributed by atoms with Crippen molar-refractivity contribution in [3.8, 4) is 23.2 Å². The van der Waals surface area contributed by atoms with Crippen LogP contribution in [0.3, 0.4) is 0 Å². The fourth-order valence-electron chi connectivity index (χ4n) is 7.53. The monoisotopic (exact) mass is 701 g/mol. The summed E-state index contributed by atoms with van der Waals surface area (Å²) >= 11 is 0.699. The Kier molecular flexibility index (Phi) is 8.40. The molecule has 3 aliphatic rings. The summed E-state index contributed by atoms with van der Waals surface area (Å²) in [5.41, 5.74) is 2.49. The second kappa shape index (κ2) is 12.3. The average Bonchev–Trinajstić information content (AvgIpc) is 3.60. The van der Waals surface area contributed by atoms with Crippen LogP contribution in [0, 0.1) is 28.4 Å². The highest BCUT2D eigenvalue weighted by Crippen LogP contribution is 2.48. The number of aromatic nitrogens is 2. The van der Waals surface area contributed by atoms with Crippen LogP contribution >= 0.6 is 11.3 Å². The lowest BCUT2D eigenvalue weighted by Crippen LogP contribution is -2.51. The Balaban J connectivity index is 1.45. The summed E-state index contributed by atoms with van der Waals surface area (Å²) in [5.74, 6) is -2.05. The molecule has 3 N–H and O–H groups in total. The van der Waals surface area contributed by atoms with E-state index in [1.165, 1.54) is 0 Å². The predicted molar refractivity (Wildman–Crippen MR) is 176 cm³/mol. The maximum absolute atomic E-state index is 17.0. The van der Waals surface area contributed by atoms with Gasteiger partial charge in [-0.2, -0.15) is 28.4 Å². The lowest BCUT2D eigenvalue weighted by molar-refractivity contribution is -0.137. The number of nitrogen functional groups attached to an aromatic ring is 1. The molecule has 0 aliphatic carbocycles. The van der Waals surface area contributed by atoms with Crippen LogP contribution in [0.25, 0.3) is 32.1 Å². The van der Waals surface area contributed by atoms with Gasteiger partial charge in [0.05, 0.1) is 22.2 Å². The van der Waals surface area contributed by atoms with Crippen LogP contribution in [0.1, 0.15) is 44.2 Å². The van der Waals surface area contributed by atoms with Gasteiger partial charge >= 0.3 is 12.2 Å². The molecule has 7 rings (SSSR count). The Labute approximate surface area is 282 Å². The molecule has 2 aromatic heterocycles. The van der Waals surface area contributed by atoms with E-state index >= 15 is 4.39 Å². The first kappa shape index (κ1) is 33.4. The summed E-state index contributed by atoms with van der Waals surface area (Å²) in [7, 11) is 0. The molecule has 0 unspecified atom stereocenters. The molecule has 3 aliphatic heterocycles. The summed E-state index contributed by atoms with van der Waals surface area (Å²) in [6.07, 6.45) is -2.25. The average molecular weight is 702 g/mol. The number of benzene rings is 2. The lowest BCUT2D eigenvalue weighted by atomic mass is 9.78. The molecular formula is C34H33F6N7OS. The van der Waals surface area contributed by atoms with Gasteiger partial charge in [-0.15, -0.1) is 11.3 Å². The van der Waals surface area contributed by atoms with E-state index in [0.717, 1.165) is 37.6 Å². The van der Waals surface area contributed by atoms with Gasteiger partial charge in [-0.3, -0.25) is 0 Å². The third kappa shape index (κ3) is 5.73. The summed E-state index contributed by atoms with van der Waals surface area (Å²) < 4.78 is 96.7.